The smallest absolute Gasteiger partial charge is 0.267 e. The summed E-state index contributed by atoms with van der Waals surface area (Å²) >= 11 is 0. The van der Waals surface area contributed by atoms with Gasteiger partial charge >= 0.3 is 0 Å². The molecule has 0 spiro atoms. The van der Waals surface area contributed by atoms with Crippen molar-refractivity contribution in [1.82, 2.24) is 5.43 Å². The normalized spacial score (nSPS) is 29.7. The van der Waals surface area contributed by atoms with Gasteiger partial charge < -0.3 is 0 Å². The van der Waals surface area contributed by atoms with Crippen LogP contribution < -0.4 is 5.43 Å². The molecule has 6 nitrogen and oxygen atoms in total. The maximum atomic E-state index is 12.3. The lowest BCUT2D eigenvalue weighted by atomic mass is 9.70. The predicted octanol–water partition coefficient (Wildman–Crippen LogP) is 3.53. The van der Waals surface area contributed by atoms with Crippen molar-refractivity contribution in [2.75, 3.05) is 0 Å². The Morgan fingerprint density at radius 3 is 2.61 bits per heavy atom. The number of benzene rings is 1. The fourth-order valence-electron chi connectivity index (χ4n) is 4.10. The summed E-state index contributed by atoms with van der Waals surface area (Å²) < 4.78 is 0. The van der Waals surface area contributed by atoms with Gasteiger partial charge in [0, 0.05) is 17.2 Å². The maximum absolute atomic E-state index is 12.3. The SMILES string of the molecule is CC1(C)[C@H]2CC[C@]1(C)/C(=N/NC(=O)c1ccccc1[N+](=O)[O-])C2. The number of hydrazone groups is 1. The van der Waals surface area contributed by atoms with Crippen molar-refractivity contribution < 1.29 is 9.72 Å². The van der Waals surface area contributed by atoms with Crippen LogP contribution in [-0.4, -0.2) is 16.5 Å². The van der Waals surface area contributed by atoms with Gasteiger partial charge in [-0.3, -0.25) is 14.9 Å². The van der Waals surface area contributed by atoms with Gasteiger partial charge in [0.2, 0.25) is 0 Å². The minimum atomic E-state index is -0.552. The number of nitro benzene ring substituents is 1. The Balaban J connectivity index is 1.82. The molecule has 2 aliphatic rings. The summed E-state index contributed by atoms with van der Waals surface area (Å²) in [5, 5.41) is 15.4. The number of fused-ring (bicyclic) bond motifs is 2. The summed E-state index contributed by atoms with van der Waals surface area (Å²) in [6.45, 7) is 6.73. The summed E-state index contributed by atoms with van der Waals surface area (Å²) in [6, 6.07) is 5.92. The number of carbonyl (C=O) groups is 1. The molecule has 1 aromatic carbocycles. The van der Waals surface area contributed by atoms with Crippen LogP contribution in [0.2, 0.25) is 0 Å². The van der Waals surface area contributed by atoms with Gasteiger partial charge in [-0.05, 0) is 36.7 Å². The van der Waals surface area contributed by atoms with Crippen LogP contribution in [-0.2, 0) is 0 Å². The van der Waals surface area contributed by atoms with Gasteiger partial charge in [-0.15, -0.1) is 0 Å². The lowest BCUT2D eigenvalue weighted by Gasteiger charge is -2.34. The minimum absolute atomic E-state index is 0.00638. The minimum Gasteiger partial charge on any atom is -0.267 e. The van der Waals surface area contributed by atoms with E-state index in [1.807, 2.05) is 0 Å². The molecule has 2 saturated carbocycles. The Bertz CT molecular complexity index is 711. The quantitative estimate of drug-likeness (QED) is 0.684. The van der Waals surface area contributed by atoms with Gasteiger partial charge in [-0.2, -0.15) is 5.10 Å². The predicted molar refractivity (Wildman–Crippen MR) is 87.2 cm³/mol. The molecule has 23 heavy (non-hydrogen) atoms. The van der Waals surface area contributed by atoms with Gasteiger partial charge in [0.05, 0.1) is 4.92 Å². The zero-order chi connectivity index (χ0) is 16.8. The van der Waals surface area contributed by atoms with E-state index < -0.39 is 10.8 Å². The molecule has 6 heteroatoms. The van der Waals surface area contributed by atoms with Crippen LogP contribution in [0.5, 0.6) is 0 Å². The maximum Gasteiger partial charge on any atom is 0.282 e. The first kappa shape index (κ1) is 15.6. The second kappa shape index (κ2) is 5.15. The standard InChI is InChI=1S/C17H21N3O3/c1-16(2)11-8-9-17(16,3)14(10-11)18-19-15(21)12-6-4-5-7-13(12)20(22)23/h4-7,11H,8-10H2,1-3H3,(H,19,21)/b18-14+/t11-,17+/m0/s1. The second-order valence-electron chi connectivity index (χ2n) is 7.27. The third kappa shape index (κ3) is 2.24. The van der Waals surface area contributed by atoms with Crippen molar-refractivity contribution in [2.45, 2.75) is 40.0 Å². The Morgan fingerprint density at radius 2 is 2.04 bits per heavy atom. The second-order valence-corrected chi connectivity index (χ2v) is 7.27. The van der Waals surface area contributed by atoms with Crippen molar-refractivity contribution in [3.63, 3.8) is 0 Å². The molecule has 0 heterocycles. The Kier molecular flexibility index (Phi) is 3.50. The zero-order valence-corrected chi connectivity index (χ0v) is 13.6. The number of nitrogens with one attached hydrogen (secondary N) is 1. The molecule has 2 bridgehead atoms. The van der Waals surface area contributed by atoms with E-state index in [0.717, 1.165) is 18.6 Å². The monoisotopic (exact) mass is 315 g/mol. The zero-order valence-electron chi connectivity index (χ0n) is 13.6. The molecule has 1 aromatic rings. The average molecular weight is 315 g/mol. The number of para-hydroxylation sites is 1. The molecule has 0 aliphatic heterocycles. The summed E-state index contributed by atoms with van der Waals surface area (Å²) in [5.74, 6) is 0.0585. The third-order valence-electron chi connectivity index (χ3n) is 6.15. The van der Waals surface area contributed by atoms with Crippen LogP contribution >= 0.6 is 0 Å². The number of amides is 1. The van der Waals surface area contributed by atoms with Crippen molar-refractivity contribution >= 4 is 17.3 Å². The van der Waals surface area contributed by atoms with E-state index >= 15 is 0 Å². The first-order valence-electron chi connectivity index (χ1n) is 7.88. The highest BCUT2D eigenvalue weighted by Gasteiger charge is 2.60. The Hall–Kier alpha value is -2.24. The summed E-state index contributed by atoms with van der Waals surface area (Å²) in [4.78, 5) is 22.7. The van der Waals surface area contributed by atoms with Crippen LogP contribution in [0.1, 0.15) is 50.4 Å². The van der Waals surface area contributed by atoms with Crippen molar-refractivity contribution in [1.29, 1.82) is 0 Å². The van der Waals surface area contributed by atoms with Gasteiger partial charge in [0.1, 0.15) is 5.56 Å². The van der Waals surface area contributed by atoms with Gasteiger partial charge in [0.15, 0.2) is 0 Å². The molecule has 1 amide bonds. The van der Waals surface area contributed by atoms with Gasteiger partial charge in [-0.1, -0.05) is 32.9 Å². The van der Waals surface area contributed by atoms with Gasteiger partial charge in [-0.25, -0.2) is 5.43 Å². The fourth-order valence-corrected chi connectivity index (χ4v) is 4.10. The van der Waals surface area contributed by atoms with Crippen LogP contribution in [0.3, 0.4) is 0 Å². The molecule has 0 unspecified atom stereocenters. The number of rotatable bonds is 3. The van der Waals surface area contributed by atoms with Crippen LogP contribution in [0.25, 0.3) is 0 Å². The van der Waals surface area contributed by atoms with Crippen molar-refractivity contribution in [2.24, 2.45) is 21.8 Å². The fraction of sp³-hybridized carbons (Fsp3) is 0.529. The van der Waals surface area contributed by atoms with Gasteiger partial charge in [0.25, 0.3) is 11.6 Å². The number of nitrogens with zero attached hydrogens (tertiary/aromatic N) is 2. The molecule has 3 rings (SSSR count). The summed E-state index contributed by atoms with van der Waals surface area (Å²) in [6.07, 6.45) is 3.16. The molecule has 2 aliphatic carbocycles. The molecule has 0 radical (unpaired) electrons. The van der Waals surface area contributed by atoms with Crippen molar-refractivity contribution in [3.05, 3.63) is 39.9 Å². The van der Waals surface area contributed by atoms with E-state index in [1.54, 1.807) is 12.1 Å². The van der Waals surface area contributed by atoms with E-state index in [4.69, 9.17) is 0 Å². The van der Waals surface area contributed by atoms with Crippen molar-refractivity contribution in [3.8, 4) is 0 Å². The van der Waals surface area contributed by atoms with E-state index in [1.165, 1.54) is 18.6 Å². The van der Waals surface area contributed by atoms with E-state index in [2.05, 4.69) is 31.3 Å². The molecule has 1 N–H and O–H groups in total. The first-order chi connectivity index (χ1) is 10.8. The Morgan fingerprint density at radius 1 is 1.35 bits per heavy atom. The molecule has 122 valence electrons. The van der Waals surface area contributed by atoms with Crippen LogP contribution in [0.4, 0.5) is 5.69 Å². The largest absolute Gasteiger partial charge is 0.282 e. The molecule has 0 aromatic heterocycles. The average Bonchev–Trinajstić information content (AvgIpc) is 2.85. The topological polar surface area (TPSA) is 84.6 Å². The van der Waals surface area contributed by atoms with E-state index in [-0.39, 0.29) is 22.1 Å². The molecular formula is C17H21N3O3. The number of carbonyl (C=O) groups excluding carboxylic acids is 1. The molecule has 0 saturated heterocycles. The number of hydrogen-bond acceptors (Lipinski definition) is 4. The summed E-state index contributed by atoms with van der Waals surface area (Å²) in [7, 11) is 0. The van der Waals surface area contributed by atoms with Crippen LogP contribution in [0.15, 0.2) is 29.4 Å². The Labute approximate surface area is 135 Å². The van der Waals surface area contributed by atoms with E-state index in [9.17, 15) is 14.9 Å². The number of nitro groups is 1. The molecule has 2 fully saturated rings. The first-order valence-corrected chi connectivity index (χ1v) is 7.88. The third-order valence-corrected chi connectivity index (χ3v) is 6.15. The van der Waals surface area contributed by atoms with Crippen LogP contribution in [0, 0.1) is 26.9 Å². The highest BCUT2D eigenvalue weighted by molar-refractivity contribution is 6.00. The highest BCUT2D eigenvalue weighted by Crippen LogP contribution is 2.63. The number of hydrogen-bond donors (Lipinski definition) is 1. The lowest BCUT2D eigenvalue weighted by Crippen LogP contribution is -2.34. The van der Waals surface area contributed by atoms with E-state index in [0.29, 0.717) is 5.92 Å². The summed E-state index contributed by atoms with van der Waals surface area (Å²) in [5.41, 5.74) is 3.54. The molecular weight excluding hydrogens is 294 g/mol. The lowest BCUT2D eigenvalue weighted by molar-refractivity contribution is -0.385. The molecule has 2 atom stereocenters. The highest BCUT2D eigenvalue weighted by atomic mass is 16.6.